The monoisotopic (exact) mass is 364 g/mol. The first kappa shape index (κ1) is 14.6. The van der Waals surface area contributed by atoms with Gasteiger partial charge in [0.25, 0.3) is 0 Å². The van der Waals surface area contributed by atoms with E-state index in [0.717, 1.165) is 26.8 Å². The fraction of sp³-hybridized carbons (Fsp3) is 0.125. The van der Waals surface area contributed by atoms with E-state index in [4.69, 9.17) is 21.9 Å². The maximum absolute atomic E-state index is 6.16. The number of halogens is 2. The largest absolute Gasteiger partial charge is 0.459 e. The summed E-state index contributed by atoms with van der Waals surface area (Å²) >= 11 is 9.54. The van der Waals surface area contributed by atoms with Crippen molar-refractivity contribution in [3.63, 3.8) is 0 Å². The lowest BCUT2D eigenvalue weighted by Gasteiger charge is -2.14. The van der Waals surface area contributed by atoms with Crippen LogP contribution in [0.4, 0.5) is 0 Å². The van der Waals surface area contributed by atoms with Crippen molar-refractivity contribution in [2.45, 2.75) is 13.0 Å². The van der Waals surface area contributed by atoms with Crippen LogP contribution < -0.4 is 11.3 Å². The molecule has 0 saturated heterocycles. The zero-order valence-corrected chi connectivity index (χ0v) is 13.7. The van der Waals surface area contributed by atoms with Gasteiger partial charge in [0.05, 0.1) is 5.02 Å². The predicted molar refractivity (Wildman–Crippen MR) is 89.3 cm³/mol. The number of nitrogens with one attached hydrogen (secondary N) is 1. The van der Waals surface area contributed by atoms with Crippen LogP contribution in [-0.2, 0) is 0 Å². The molecule has 0 bridgehead atoms. The zero-order chi connectivity index (χ0) is 15.0. The predicted octanol–water partition coefficient (Wildman–Crippen LogP) is 4.71. The van der Waals surface area contributed by atoms with Crippen molar-refractivity contribution in [3.05, 3.63) is 68.8 Å². The first-order chi connectivity index (χ1) is 10.1. The Bertz CT molecular complexity index is 800. The van der Waals surface area contributed by atoms with E-state index in [1.807, 2.05) is 36.4 Å². The normalized spacial score (nSPS) is 12.8. The smallest absolute Gasteiger partial charge is 0.134 e. The molecule has 3 N–H and O–H groups in total. The SMILES string of the molecule is Cc1ccc2oc(C(NN)c3ccc(Br)c(Cl)c3)cc2c1. The molecule has 3 aromatic rings. The fourth-order valence-corrected chi connectivity index (χ4v) is 2.80. The van der Waals surface area contributed by atoms with Crippen molar-refractivity contribution >= 4 is 38.5 Å². The third-order valence-electron chi connectivity index (χ3n) is 3.42. The lowest BCUT2D eigenvalue weighted by molar-refractivity contribution is 0.477. The van der Waals surface area contributed by atoms with Gasteiger partial charge in [-0.25, -0.2) is 5.43 Å². The van der Waals surface area contributed by atoms with Gasteiger partial charge in [-0.1, -0.05) is 29.3 Å². The van der Waals surface area contributed by atoms with E-state index in [9.17, 15) is 0 Å². The highest BCUT2D eigenvalue weighted by Gasteiger charge is 2.18. The molecule has 0 aliphatic heterocycles. The molecular weight excluding hydrogens is 352 g/mol. The van der Waals surface area contributed by atoms with Gasteiger partial charge in [0, 0.05) is 9.86 Å². The van der Waals surface area contributed by atoms with Crippen LogP contribution in [0.15, 0.2) is 51.4 Å². The second-order valence-electron chi connectivity index (χ2n) is 4.96. The highest BCUT2D eigenvalue weighted by Crippen LogP contribution is 2.31. The number of hydrogen-bond acceptors (Lipinski definition) is 3. The number of hydrazine groups is 1. The number of aryl methyl sites for hydroxylation is 1. The van der Waals surface area contributed by atoms with Gasteiger partial charge >= 0.3 is 0 Å². The van der Waals surface area contributed by atoms with Gasteiger partial charge in [-0.15, -0.1) is 0 Å². The second kappa shape index (κ2) is 5.81. The summed E-state index contributed by atoms with van der Waals surface area (Å²) in [5.41, 5.74) is 5.77. The Morgan fingerprint density at radius 1 is 1.19 bits per heavy atom. The summed E-state index contributed by atoms with van der Waals surface area (Å²) in [5, 5.41) is 1.70. The van der Waals surface area contributed by atoms with E-state index in [1.165, 1.54) is 5.56 Å². The van der Waals surface area contributed by atoms with Crippen molar-refractivity contribution in [3.8, 4) is 0 Å². The third kappa shape index (κ3) is 2.85. The maximum atomic E-state index is 6.16. The standard InChI is InChI=1S/C16H14BrClN2O/c1-9-2-5-14-11(6-9)8-15(21-14)16(20-19)10-3-4-12(17)13(18)7-10/h2-8,16,20H,19H2,1H3. The Morgan fingerprint density at radius 2 is 2.00 bits per heavy atom. The average Bonchev–Trinajstić information content (AvgIpc) is 2.86. The molecule has 1 unspecified atom stereocenters. The van der Waals surface area contributed by atoms with Gasteiger partial charge in [-0.05, 0) is 58.7 Å². The molecule has 3 nitrogen and oxygen atoms in total. The summed E-state index contributed by atoms with van der Waals surface area (Å²) in [7, 11) is 0. The van der Waals surface area contributed by atoms with Crippen LogP contribution >= 0.6 is 27.5 Å². The number of fused-ring (bicyclic) bond motifs is 1. The molecule has 1 aromatic heterocycles. The average molecular weight is 366 g/mol. The van der Waals surface area contributed by atoms with Crippen LogP contribution in [0.25, 0.3) is 11.0 Å². The molecule has 0 saturated carbocycles. The van der Waals surface area contributed by atoms with Crippen molar-refractivity contribution in [1.29, 1.82) is 0 Å². The number of furan rings is 1. The van der Waals surface area contributed by atoms with E-state index in [0.29, 0.717) is 5.02 Å². The summed E-state index contributed by atoms with van der Waals surface area (Å²) < 4.78 is 6.75. The zero-order valence-electron chi connectivity index (χ0n) is 11.4. The minimum atomic E-state index is -0.247. The summed E-state index contributed by atoms with van der Waals surface area (Å²) in [6.45, 7) is 2.05. The Balaban J connectivity index is 2.06. The van der Waals surface area contributed by atoms with Crippen molar-refractivity contribution in [2.75, 3.05) is 0 Å². The van der Waals surface area contributed by atoms with Gasteiger partial charge in [-0.2, -0.15) is 0 Å². The molecule has 0 spiro atoms. The molecule has 5 heteroatoms. The van der Waals surface area contributed by atoms with E-state index in [1.54, 1.807) is 0 Å². The summed E-state index contributed by atoms with van der Waals surface area (Å²) in [4.78, 5) is 0. The van der Waals surface area contributed by atoms with Crippen LogP contribution in [0, 0.1) is 6.92 Å². The summed E-state index contributed by atoms with van der Waals surface area (Å²) in [6, 6.07) is 13.6. The molecule has 0 aliphatic rings. The van der Waals surface area contributed by atoms with E-state index in [-0.39, 0.29) is 6.04 Å². The van der Waals surface area contributed by atoms with Gasteiger partial charge in [0.1, 0.15) is 17.4 Å². The molecule has 0 fully saturated rings. The van der Waals surface area contributed by atoms with Crippen molar-refractivity contribution in [1.82, 2.24) is 5.43 Å². The van der Waals surface area contributed by atoms with E-state index < -0.39 is 0 Å². The molecule has 0 aliphatic carbocycles. The lowest BCUT2D eigenvalue weighted by Crippen LogP contribution is -2.28. The quantitative estimate of drug-likeness (QED) is 0.522. The molecular formula is C16H14BrClN2O. The Labute approximate surface area is 136 Å². The van der Waals surface area contributed by atoms with Crippen LogP contribution in [0.3, 0.4) is 0 Å². The number of hydrogen-bond donors (Lipinski definition) is 2. The molecule has 2 aromatic carbocycles. The van der Waals surface area contributed by atoms with Gasteiger partial charge in [0.2, 0.25) is 0 Å². The third-order valence-corrected chi connectivity index (χ3v) is 4.65. The molecule has 1 heterocycles. The van der Waals surface area contributed by atoms with Crippen LogP contribution in [0.2, 0.25) is 5.02 Å². The lowest BCUT2D eigenvalue weighted by atomic mass is 10.0. The highest BCUT2D eigenvalue weighted by atomic mass is 79.9. The molecule has 0 radical (unpaired) electrons. The maximum Gasteiger partial charge on any atom is 0.134 e. The first-order valence-corrected chi connectivity index (χ1v) is 7.67. The fourth-order valence-electron chi connectivity index (χ4n) is 2.36. The molecule has 21 heavy (non-hydrogen) atoms. The minimum Gasteiger partial charge on any atom is -0.459 e. The first-order valence-electron chi connectivity index (χ1n) is 6.49. The molecule has 108 valence electrons. The number of rotatable bonds is 3. The number of nitrogens with two attached hydrogens (primary N) is 1. The summed E-state index contributed by atoms with van der Waals surface area (Å²) in [6.07, 6.45) is 0. The van der Waals surface area contributed by atoms with Crippen molar-refractivity contribution in [2.24, 2.45) is 5.84 Å². The molecule has 1 atom stereocenters. The Kier molecular flexibility index (Phi) is 4.04. The van der Waals surface area contributed by atoms with Crippen LogP contribution in [-0.4, -0.2) is 0 Å². The number of benzene rings is 2. The van der Waals surface area contributed by atoms with Crippen molar-refractivity contribution < 1.29 is 4.42 Å². The molecule has 3 rings (SSSR count). The topological polar surface area (TPSA) is 51.2 Å². The second-order valence-corrected chi connectivity index (χ2v) is 6.22. The van der Waals surface area contributed by atoms with Gasteiger partial charge in [0.15, 0.2) is 0 Å². The van der Waals surface area contributed by atoms with E-state index >= 15 is 0 Å². The van der Waals surface area contributed by atoms with Gasteiger partial charge < -0.3 is 4.42 Å². The van der Waals surface area contributed by atoms with Gasteiger partial charge in [-0.3, -0.25) is 5.84 Å². The Hall–Kier alpha value is -1.33. The highest BCUT2D eigenvalue weighted by molar-refractivity contribution is 9.10. The Morgan fingerprint density at radius 3 is 2.71 bits per heavy atom. The summed E-state index contributed by atoms with van der Waals surface area (Å²) in [5.74, 6) is 6.47. The van der Waals surface area contributed by atoms with Crippen LogP contribution in [0.1, 0.15) is 22.9 Å². The molecule has 0 amide bonds. The van der Waals surface area contributed by atoms with E-state index in [2.05, 4.69) is 34.3 Å². The van der Waals surface area contributed by atoms with Crippen LogP contribution in [0.5, 0.6) is 0 Å². The minimum absolute atomic E-state index is 0.247.